The molecule has 0 radical (unpaired) electrons. The van der Waals surface area contributed by atoms with Crippen molar-refractivity contribution in [3.63, 3.8) is 0 Å². The summed E-state index contributed by atoms with van der Waals surface area (Å²) in [4.78, 5) is 2.30. The Morgan fingerprint density at radius 1 is 1.44 bits per heavy atom. The minimum Gasteiger partial charge on any atom is -0.409 e. The molecule has 0 rings (SSSR count). The van der Waals surface area contributed by atoms with Gasteiger partial charge in [0, 0.05) is 25.6 Å². The number of rotatable bonds is 9. The number of amidine groups is 1. The second kappa shape index (κ2) is 9.42. The summed E-state index contributed by atoms with van der Waals surface area (Å²) >= 11 is 0. The lowest BCUT2D eigenvalue weighted by Gasteiger charge is -2.29. The zero-order valence-electron chi connectivity index (χ0n) is 10.6. The third kappa shape index (κ3) is 5.92. The van der Waals surface area contributed by atoms with E-state index in [1.165, 1.54) is 0 Å². The van der Waals surface area contributed by atoms with Gasteiger partial charge in [-0.15, -0.1) is 0 Å². The molecule has 0 amide bonds. The third-order valence-electron chi connectivity index (χ3n) is 2.69. The molecular weight excluding hydrogens is 206 g/mol. The van der Waals surface area contributed by atoms with E-state index in [1.54, 1.807) is 0 Å². The molecule has 5 heteroatoms. The zero-order chi connectivity index (χ0) is 12.4. The first-order valence-electron chi connectivity index (χ1n) is 5.97. The molecule has 16 heavy (non-hydrogen) atoms. The molecule has 1 unspecified atom stereocenters. The summed E-state index contributed by atoms with van der Waals surface area (Å²) < 4.78 is 5.34. The van der Waals surface area contributed by atoms with Crippen molar-refractivity contribution >= 4 is 5.84 Å². The van der Waals surface area contributed by atoms with Gasteiger partial charge in [-0.25, -0.2) is 0 Å². The average Bonchev–Trinajstić information content (AvgIpc) is 2.32. The van der Waals surface area contributed by atoms with Crippen LogP contribution in [0.5, 0.6) is 0 Å². The van der Waals surface area contributed by atoms with E-state index in [2.05, 4.69) is 23.9 Å². The topological polar surface area (TPSA) is 71.1 Å². The lowest BCUT2D eigenvalue weighted by atomic mass is 10.1. The minimum absolute atomic E-state index is 0.293. The molecule has 0 aromatic carbocycles. The molecule has 0 saturated heterocycles. The van der Waals surface area contributed by atoms with E-state index in [-0.39, 0.29) is 0 Å². The number of hydrogen-bond acceptors (Lipinski definition) is 4. The van der Waals surface area contributed by atoms with Crippen LogP contribution in [0.3, 0.4) is 0 Å². The Morgan fingerprint density at radius 2 is 2.12 bits per heavy atom. The minimum atomic E-state index is 0.293. The SMILES string of the molecule is CCOCCN(CC)C(CC)CC(N)=NO. The highest BCUT2D eigenvalue weighted by Gasteiger charge is 2.16. The Labute approximate surface area is 98.2 Å². The van der Waals surface area contributed by atoms with Gasteiger partial charge < -0.3 is 15.7 Å². The van der Waals surface area contributed by atoms with Gasteiger partial charge >= 0.3 is 0 Å². The van der Waals surface area contributed by atoms with Gasteiger partial charge in [-0.3, -0.25) is 4.90 Å². The Kier molecular flexibility index (Phi) is 8.94. The van der Waals surface area contributed by atoms with Gasteiger partial charge in [0.1, 0.15) is 5.84 Å². The fourth-order valence-electron chi connectivity index (χ4n) is 1.74. The number of likely N-dealkylation sites (N-methyl/N-ethyl adjacent to an activating group) is 1. The highest BCUT2D eigenvalue weighted by atomic mass is 16.5. The van der Waals surface area contributed by atoms with Crippen LogP contribution < -0.4 is 5.73 Å². The van der Waals surface area contributed by atoms with Gasteiger partial charge in [0.25, 0.3) is 0 Å². The first-order chi connectivity index (χ1) is 7.69. The summed E-state index contributed by atoms with van der Waals surface area (Å²) in [6.07, 6.45) is 1.59. The maximum atomic E-state index is 8.57. The quantitative estimate of drug-likeness (QED) is 0.206. The molecule has 5 nitrogen and oxygen atoms in total. The van der Waals surface area contributed by atoms with Gasteiger partial charge in [-0.05, 0) is 19.9 Å². The molecule has 0 heterocycles. The molecule has 3 N–H and O–H groups in total. The largest absolute Gasteiger partial charge is 0.409 e. The van der Waals surface area contributed by atoms with Crippen LogP contribution in [0.4, 0.5) is 0 Å². The molecule has 0 aromatic heterocycles. The van der Waals surface area contributed by atoms with Crippen molar-refractivity contribution in [1.29, 1.82) is 0 Å². The molecule has 1 atom stereocenters. The molecule has 0 aliphatic heterocycles. The number of hydrogen-bond donors (Lipinski definition) is 2. The van der Waals surface area contributed by atoms with Crippen LogP contribution in [0.1, 0.15) is 33.6 Å². The van der Waals surface area contributed by atoms with Crippen LogP contribution >= 0.6 is 0 Å². The predicted molar refractivity (Wildman–Crippen MR) is 65.8 cm³/mol. The molecule has 0 bridgehead atoms. The van der Waals surface area contributed by atoms with Gasteiger partial charge in [-0.1, -0.05) is 19.0 Å². The molecule has 0 aliphatic rings. The Hall–Kier alpha value is -0.810. The third-order valence-corrected chi connectivity index (χ3v) is 2.69. The first-order valence-corrected chi connectivity index (χ1v) is 5.97. The predicted octanol–water partition coefficient (Wildman–Crippen LogP) is 1.26. The summed E-state index contributed by atoms with van der Waals surface area (Å²) in [6.45, 7) is 9.53. The van der Waals surface area contributed by atoms with E-state index >= 15 is 0 Å². The summed E-state index contributed by atoms with van der Waals surface area (Å²) in [5, 5.41) is 11.6. The van der Waals surface area contributed by atoms with E-state index in [0.717, 1.165) is 32.7 Å². The number of nitrogens with zero attached hydrogens (tertiary/aromatic N) is 2. The number of nitrogens with two attached hydrogens (primary N) is 1. The van der Waals surface area contributed by atoms with Crippen LogP contribution in [-0.2, 0) is 4.74 Å². The molecule has 96 valence electrons. The second-order valence-electron chi connectivity index (χ2n) is 3.68. The van der Waals surface area contributed by atoms with Crippen LogP contribution in [0.25, 0.3) is 0 Å². The lowest BCUT2D eigenvalue weighted by molar-refractivity contribution is 0.0965. The number of ether oxygens (including phenoxy) is 1. The zero-order valence-corrected chi connectivity index (χ0v) is 10.6. The van der Waals surface area contributed by atoms with Crippen molar-refractivity contribution < 1.29 is 9.94 Å². The van der Waals surface area contributed by atoms with Gasteiger partial charge in [0.05, 0.1) is 6.61 Å². The van der Waals surface area contributed by atoms with E-state index in [4.69, 9.17) is 15.7 Å². The maximum absolute atomic E-state index is 8.57. The summed E-state index contributed by atoms with van der Waals surface area (Å²) in [5.41, 5.74) is 5.54. The van der Waals surface area contributed by atoms with Gasteiger partial charge in [0.15, 0.2) is 0 Å². The van der Waals surface area contributed by atoms with Crippen molar-refractivity contribution in [3.05, 3.63) is 0 Å². The smallest absolute Gasteiger partial charge is 0.140 e. The molecule has 0 aromatic rings. The Morgan fingerprint density at radius 3 is 2.56 bits per heavy atom. The van der Waals surface area contributed by atoms with Crippen LogP contribution in [0.15, 0.2) is 5.16 Å². The van der Waals surface area contributed by atoms with E-state index in [1.807, 2.05) is 6.92 Å². The molecule has 0 fully saturated rings. The Bertz CT molecular complexity index is 198. The normalized spacial score (nSPS) is 14.4. The van der Waals surface area contributed by atoms with E-state index in [0.29, 0.717) is 18.3 Å². The lowest BCUT2D eigenvalue weighted by Crippen LogP contribution is -2.39. The summed E-state index contributed by atoms with van der Waals surface area (Å²) in [6, 6.07) is 0.321. The molecule has 0 spiro atoms. The van der Waals surface area contributed by atoms with E-state index < -0.39 is 0 Å². The maximum Gasteiger partial charge on any atom is 0.140 e. The first kappa shape index (κ1) is 15.2. The molecular formula is C11H25N3O2. The Balaban J connectivity index is 4.15. The molecule has 0 aliphatic carbocycles. The van der Waals surface area contributed by atoms with Crippen molar-refractivity contribution in [2.75, 3.05) is 26.3 Å². The van der Waals surface area contributed by atoms with Crippen LogP contribution in [-0.4, -0.2) is 48.3 Å². The summed E-state index contributed by atoms with van der Waals surface area (Å²) in [7, 11) is 0. The highest BCUT2D eigenvalue weighted by Crippen LogP contribution is 2.08. The monoisotopic (exact) mass is 231 g/mol. The van der Waals surface area contributed by atoms with Crippen molar-refractivity contribution in [2.45, 2.75) is 39.7 Å². The van der Waals surface area contributed by atoms with E-state index in [9.17, 15) is 0 Å². The van der Waals surface area contributed by atoms with Crippen LogP contribution in [0.2, 0.25) is 0 Å². The number of oxime groups is 1. The fourth-order valence-corrected chi connectivity index (χ4v) is 1.74. The average molecular weight is 231 g/mol. The standard InChI is InChI=1S/C11H25N3O2/c1-4-10(9-11(12)13-15)14(5-2)7-8-16-6-3/h10,15H,4-9H2,1-3H3,(H2,12,13). The fraction of sp³-hybridized carbons (Fsp3) is 0.909. The van der Waals surface area contributed by atoms with Crippen molar-refractivity contribution in [1.82, 2.24) is 4.90 Å². The van der Waals surface area contributed by atoms with Gasteiger partial charge in [0.2, 0.25) is 0 Å². The van der Waals surface area contributed by atoms with Gasteiger partial charge in [-0.2, -0.15) is 0 Å². The highest BCUT2D eigenvalue weighted by molar-refractivity contribution is 5.80. The molecule has 0 saturated carbocycles. The second-order valence-corrected chi connectivity index (χ2v) is 3.68. The van der Waals surface area contributed by atoms with Crippen molar-refractivity contribution in [2.24, 2.45) is 10.9 Å². The summed E-state index contributed by atoms with van der Waals surface area (Å²) in [5.74, 6) is 0.293. The van der Waals surface area contributed by atoms with Crippen molar-refractivity contribution in [3.8, 4) is 0 Å². The van der Waals surface area contributed by atoms with Crippen LogP contribution in [0, 0.1) is 0 Å².